The van der Waals surface area contributed by atoms with Crippen LogP contribution in [0.3, 0.4) is 0 Å². The van der Waals surface area contributed by atoms with E-state index in [1.807, 2.05) is 6.92 Å². The largest absolute Gasteiger partial charge is 0.383 e. The summed E-state index contributed by atoms with van der Waals surface area (Å²) in [6.07, 6.45) is 0. The number of rotatable bonds is 7. The minimum Gasteiger partial charge on any atom is -0.383 e. The Balaban J connectivity index is 2.79. The number of methoxy groups -OCH3 is 1. The predicted octanol–water partition coefficient (Wildman–Crippen LogP) is 1.46. The highest BCUT2D eigenvalue weighted by Gasteiger charge is 2.21. The molecule has 0 bridgehead atoms. The number of nitrogens with one attached hydrogen (secondary N) is 1. The first kappa shape index (κ1) is 18.9. The highest BCUT2D eigenvalue weighted by molar-refractivity contribution is 5.84. The molecule has 0 heterocycles. The third-order valence-corrected chi connectivity index (χ3v) is 3.30. The number of amides is 3. The summed E-state index contributed by atoms with van der Waals surface area (Å²) < 4.78 is 18.4. The van der Waals surface area contributed by atoms with Gasteiger partial charge >= 0.3 is 6.03 Å². The molecule has 128 valence electrons. The van der Waals surface area contributed by atoms with Gasteiger partial charge in [-0.05, 0) is 24.6 Å². The van der Waals surface area contributed by atoms with Crippen molar-refractivity contribution in [2.75, 3.05) is 34.4 Å². The van der Waals surface area contributed by atoms with Crippen LogP contribution >= 0.6 is 0 Å². The molecule has 0 fully saturated rings. The smallest absolute Gasteiger partial charge is 0.317 e. The molecule has 1 aromatic carbocycles. The molecule has 1 N–H and O–H groups in total. The number of nitrogens with zero attached hydrogens (tertiary/aromatic N) is 2. The summed E-state index contributed by atoms with van der Waals surface area (Å²) in [5.41, 5.74) is 0.681. The average molecular weight is 325 g/mol. The van der Waals surface area contributed by atoms with E-state index < -0.39 is 0 Å². The summed E-state index contributed by atoms with van der Waals surface area (Å²) >= 11 is 0. The van der Waals surface area contributed by atoms with Crippen LogP contribution in [0.15, 0.2) is 24.3 Å². The van der Waals surface area contributed by atoms with Crippen molar-refractivity contribution in [1.29, 1.82) is 0 Å². The first-order valence-corrected chi connectivity index (χ1v) is 7.33. The zero-order valence-electron chi connectivity index (χ0n) is 14.0. The zero-order chi connectivity index (χ0) is 17.4. The Morgan fingerprint density at radius 1 is 1.35 bits per heavy atom. The standard InChI is InChI=1S/C16H24FN3O3/c1-12(11-23-4)20(10-13-6-5-7-14(17)8-13)15(21)9-18-16(22)19(2)3/h5-8,12H,9-11H2,1-4H3,(H,18,22). The quantitative estimate of drug-likeness (QED) is 0.825. The van der Waals surface area contributed by atoms with Gasteiger partial charge < -0.3 is 19.9 Å². The van der Waals surface area contributed by atoms with Crippen LogP contribution in [0.2, 0.25) is 0 Å². The number of carbonyl (C=O) groups excluding carboxylic acids is 2. The highest BCUT2D eigenvalue weighted by Crippen LogP contribution is 2.11. The molecular weight excluding hydrogens is 301 g/mol. The Kier molecular flexibility index (Phi) is 7.47. The number of urea groups is 1. The lowest BCUT2D eigenvalue weighted by Gasteiger charge is -2.29. The fraction of sp³-hybridized carbons (Fsp3) is 0.500. The molecule has 0 aliphatic rings. The third-order valence-electron chi connectivity index (χ3n) is 3.30. The molecule has 1 unspecified atom stereocenters. The molecule has 1 atom stereocenters. The van der Waals surface area contributed by atoms with Crippen LogP contribution in [0.5, 0.6) is 0 Å². The Morgan fingerprint density at radius 2 is 2.04 bits per heavy atom. The van der Waals surface area contributed by atoms with Crippen molar-refractivity contribution < 1.29 is 18.7 Å². The lowest BCUT2D eigenvalue weighted by Crippen LogP contribution is -2.47. The van der Waals surface area contributed by atoms with Crippen LogP contribution in [0.4, 0.5) is 9.18 Å². The van der Waals surface area contributed by atoms with Crippen LogP contribution in [-0.2, 0) is 16.1 Å². The van der Waals surface area contributed by atoms with Gasteiger partial charge in [-0.3, -0.25) is 4.79 Å². The van der Waals surface area contributed by atoms with Crippen LogP contribution in [-0.4, -0.2) is 62.1 Å². The fourth-order valence-electron chi connectivity index (χ4n) is 2.06. The van der Waals surface area contributed by atoms with Crippen molar-refractivity contribution in [2.24, 2.45) is 0 Å². The third kappa shape index (κ3) is 6.23. The van der Waals surface area contributed by atoms with Gasteiger partial charge in [0.25, 0.3) is 0 Å². The molecule has 0 radical (unpaired) electrons. The summed E-state index contributed by atoms with van der Waals surface area (Å²) in [7, 11) is 4.74. The van der Waals surface area contributed by atoms with Crippen molar-refractivity contribution in [3.05, 3.63) is 35.6 Å². The van der Waals surface area contributed by atoms with E-state index in [0.717, 1.165) is 0 Å². The maximum absolute atomic E-state index is 13.3. The minimum absolute atomic E-state index is 0.125. The van der Waals surface area contributed by atoms with E-state index in [0.29, 0.717) is 12.2 Å². The van der Waals surface area contributed by atoms with Crippen molar-refractivity contribution >= 4 is 11.9 Å². The summed E-state index contributed by atoms with van der Waals surface area (Å²) in [6, 6.07) is 5.54. The molecule has 0 aliphatic carbocycles. The fourth-order valence-corrected chi connectivity index (χ4v) is 2.06. The number of hydrogen-bond acceptors (Lipinski definition) is 3. The number of ether oxygens (including phenoxy) is 1. The predicted molar refractivity (Wildman–Crippen MR) is 85.4 cm³/mol. The monoisotopic (exact) mass is 325 g/mol. The van der Waals surface area contributed by atoms with Gasteiger partial charge in [-0.25, -0.2) is 9.18 Å². The molecular formula is C16H24FN3O3. The van der Waals surface area contributed by atoms with E-state index in [4.69, 9.17) is 4.74 Å². The topological polar surface area (TPSA) is 61.9 Å². The highest BCUT2D eigenvalue weighted by atomic mass is 19.1. The second-order valence-corrected chi connectivity index (χ2v) is 5.51. The van der Waals surface area contributed by atoms with E-state index in [-0.39, 0.29) is 36.9 Å². The van der Waals surface area contributed by atoms with E-state index in [1.54, 1.807) is 38.2 Å². The molecule has 1 rings (SSSR count). The van der Waals surface area contributed by atoms with Gasteiger partial charge in [-0.15, -0.1) is 0 Å². The molecule has 1 aromatic rings. The molecule has 6 nitrogen and oxygen atoms in total. The summed E-state index contributed by atoms with van der Waals surface area (Å²) in [4.78, 5) is 26.9. The normalized spacial score (nSPS) is 11.7. The number of carbonyl (C=O) groups is 2. The van der Waals surface area contributed by atoms with Gasteiger partial charge in [0.05, 0.1) is 19.2 Å². The van der Waals surface area contributed by atoms with E-state index >= 15 is 0 Å². The number of hydrogen-bond donors (Lipinski definition) is 1. The molecule has 0 saturated heterocycles. The molecule has 23 heavy (non-hydrogen) atoms. The average Bonchev–Trinajstić information content (AvgIpc) is 2.50. The van der Waals surface area contributed by atoms with Crippen molar-refractivity contribution in [3.8, 4) is 0 Å². The van der Waals surface area contributed by atoms with Gasteiger partial charge in [0.1, 0.15) is 5.82 Å². The Hall–Kier alpha value is -2.15. The molecule has 3 amide bonds. The van der Waals surface area contributed by atoms with Gasteiger partial charge in [0.15, 0.2) is 0 Å². The first-order chi connectivity index (χ1) is 10.8. The van der Waals surface area contributed by atoms with E-state index in [9.17, 15) is 14.0 Å². The van der Waals surface area contributed by atoms with E-state index in [1.165, 1.54) is 17.0 Å². The Labute approximate surface area is 136 Å². The van der Waals surface area contributed by atoms with Crippen LogP contribution in [0, 0.1) is 5.82 Å². The SMILES string of the molecule is COCC(C)N(Cc1cccc(F)c1)C(=O)CNC(=O)N(C)C. The maximum Gasteiger partial charge on any atom is 0.317 e. The Morgan fingerprint density at radius 3 is 2.61 bits per heavy atom. The number of halogens is 1. The van der Waals surface area contributed by atoms with Gasteiger partial charge in [-0.2, -0.15) is 0 Å². The van der Waals surface area contributed by atoms with E-state index in [2.05, 4.69) is 5.32 Å². The second-order valence-electron chi connectivity index (χ2n) is 5.51. The second kappa shape index (κ2) is 9.09. The van der Waals surface area contributed by atoms with Crippen LogP contribution in [0.1, 0.15) is 12.5 Å². The minimum atomic E-state index is -0.352. The van der Waals surface area contributed by atoms with Crippen LogP contribution < -0.4 is 5.32 Å². The van der Waals surface area contributed by atoms with Crippen molar-refractivity contribution in [2.45, 2.75) is 19.5 Å². The van der Waals surface area contributed by atoms with Gasteiger partial charge in [-0.1, -0.05) is 12.1 Å². The molecule has 0 saturated carbocycles. The molecule has 0 aliphatic heterocycles. The molecule has 0 spiro atoms. The summed E-state index contributed by atoms with van der Waals surface area (Å²) in [6.45, 7) is 2.32. The molecule has 7 heteroatoms. The van der Waals surface area contributed by atoms with Gasteiger partial charge in [0, 0.05) is 27.7 Å². The Bertz CT molecular complexity index is 537. The summed E-state index contributed by atoms with van der Waals surface area (Å²) in [5, 5.41) is 2.54. The van der Waals surface area contributed by atoms with Gasteiger partial charge in [0.2, 0.25) is 5.91 Å². The lowest BCUT2D eigenvalue weighted by atomic mass is 10.1. The summed E-state index contributed by atoms with van der Waals surface area (Å²) in [5.74, 6) is -0.607. The van der Waals surface area contributed by atoms with Crippen LogP contribution in [0.25, 0.3) is 0 Å². The molecule has 0 aromatic heterocycles. The number of benzene rings is 1. The zero-order valence-corrected chi connectivity index (χ0v) is 14.0. The maximum atomic E-state index is 13.3. The first-order valence-electron chi connectivity index (χ1n) is 7.33. The van der Waals surface area contributed by atoms with Crippen molar-refractivity contribution in [3.63, 3.8) is 0 Å². The van der Waals surface area contributed by atoms with Crippen molar-refractivity contribution in [1.82, 2.24) is 15.1 Å². The lowest BCUT2D eigenvalue weighted by molar-refractivity contribution is -0.133.